The fourth-order valence-corrected chi connectivity index (χ4v) is 1.64. The van der Waals surface area contributed by atoms with E-state index in [0.717, 1.165) is 26.1 Å². The lowest BCUT2D eigenvalue weighted by atomic mass is 10.0. The molecule has 1 aliphatic heterocycles. The van der Waals surface area contributed by atoms with Gasteiger partial charge in [-0.2, -0.15) is 0 Å². The number of hydrogen-bond acceptors (Lipinski definition) is 2. The van der Waals surface area contributed by atoms with Crippen LogP contribution in [-0.2, 0) is 4.79 Å². The zero-order chi connectivity index (χ0) is 10.6. The van der Waals surface area contributed by atoms with E-state index in [1.165, 1.54) is 0 Å². The molecule has 0 atom stereocenters. The lowest BCUT2D eigenvalue weighted by molar-refractivity contribution is -0.119. The van der Waals surface area contributed by atoms with Crippen LogP contribution in [0.2, 0.25) is 0 Å². The van der Waals surface area contributed by atoms with Crippen molar-refractivity contribution in [3.63, 3.8) is 0 Å². The van der Waals surface area contributed by atoms with Crippen LogP contribution in [0.3, 0.4) is 0 Å². The summed E-state index contributed by atoms with van der Waals surface area (Å²) in [6, 6.07) is 0. The molecule has 1 rings (SSSR count). The third-order valence-corrected chi connectivity index (χ3v) is 2.68. The maximum atomic E-state index is 10.8. The summed E-state index contributed by atoms with van der Waals surface area (Å²) in [6.07, 6.45) is 5.52. The summed E-state index contributed by atoms with van der Waals surface area (Å²) in [4.78, 5) is 13.2. The Morgan fingerprint density at radius 3 is 2.71 bits per heavy atom. The van der Waals surface area contributed by atoms with Crippen LogP contribution in [0, 0.1) is 0 Å². The Bertz CT molecular complexity index is 233. The summed E-state index contributed by atoms with van der Waals surface area (Å²) < 4.78 is 0. The van der Waals surface area contributed by atoms with Gasteiger partial charge in [-0.1, -0.05) is 12.2 Å². The van der Waals surface area contributed by atoms with Gasteiger partial charge in [-0.15, -0.1) is 0 Å². The molecule has 0 aromatic carbocycles. The highest BCUT2D eigenvalue weighted by Gasteiger charge is 2.26. The van der Waals surface area contributed by atoms with Crippen molar-refractivity contribution < 1.29 is 4.79 Å². The summed E-state index contributed by atoms with van der Waals surface area (Å²) in [7, 11) is 0. The summed E-state index contributed by atoms with van der Waals surface area (Å²) >= 11 is 0. The highest BCUT2D eigenvalue weighted by atomic mass is 16.1. The molecule has 1 amide bonds. The average Bonchev–Trinajstić information content (AvgIpc) is 2.16. The molecule has 1 aliphatic rings. The first-order valence-electron chi connectivity index (χ1n) is 5.17. The van der Waals surface area contributed by atoms with E-state index in [4.69, 9.17) is 0 Å². The quantitative estimate of drug-likeness (QED) is 0.687. The van der Waals surface area contributed by atoms with Crippen molar-refractivity contribution in [1.82, 2.24) is 10.2 Å². The first-order valence-corrected chi connectivity index (χ1v) is 5.17. The van der Waals surface area contributed by atoms with E-state index in [9.17, 15) is 4.79 Å². The molecule has 0 saturated carbocycles. The highest BCUT2D eigenvalue weighted by Crippen LogP contribution is 2.16. The molecule has 0 unspecified atom stereocenters. The number of carbonyl (C=O) groups excluding carboxylic acids is 1. The standard InChI is InChI=1S/C11H20N2O/c1-10(14)12-9-11(2,3)13-7-5-4-6-8-13/h4-5H,6-9H2,1-3H3,(H,12,14). The molecule has 80 valence electrons. The Hall–Kier alpha value is -0.830. The van der Waals surface area contributed by atoms with Crippen LogP contribution < -0.4 is 5.32 Å². The van der Waals surface area contributed by atoms with Gasteiger partial charge in [0.15, 0.2) is 0 Å². The molecule has 0 saturated heterocycles. The molecule has 1 heterocycles. The number of rotatable bonds is 3. The third kappa shape index (κ3) is 3.14. The first-order chi connectivity index (χ1) is 6.52. The van der Waals surface area contributed by atoms with Crippen LogP contribution in [0.25, 0.3) is 0 Å². The summed E-state index contributed by atoms with van der Waals surface area (Å²) in [5.41, 5.74) is 0.0520. The minimum absolute atomic E-state index is 0.0469. The molecule has 3 nitrogen and oxygen atoms in total. The molecule has 0 spiro atoms. The molecule has 1 N–H and O–H groups in total. The largest absolute Gasteiger partial charge is 0.355 e. The minimum Gasteiger partial charge on any atom is -0.355 e. The first kappa shape index (κ1) is 11.2. The van der Waals surface area contributed by atoms with Gasteiger partial charge in [0.2, 0.25) is 5.91 Å². The number of nitrogens with zero attached hydrogens (tertiary/aromatic N) is 1. The average molecular weight is 196 g/mol. The van der Waals surface area contributed by atoms with Gasteiger partial charge in [-0.05, 0) is 20.3 Å². The van der Waals surface area contributed by atoms with Crippen molar-refractivity contribution in [2.45, 2.75) is 32.7 Å². The lowest BCUT2D eigenvalue weighted by Gasteiger charge is -2.39. The smallest absolute Gasteiger partial charge is 0.216 e. The lowest BCUT2D eigenvalue weighted by Crippen LogP contribution is -2.52. The zero-order valence-corrected chi connectivity index (χ0v) is 9.34. The number of carbonyl (C=O) groups is 1. The predicted octanol–water partition coefficient (Wildman–Crippen LogP) is 1.16. The maximum absolute atomic E-state index is 10.8. The van der Waals surface area contributed by atoms with E-state index in [1.807, 2.05) is 0 Å². The van der Waals surface area contributed by atoms with Crippen molar-refractivity contribution in [3.05, 3.63) is 12.2 Å². The van der Waals surface area contributed by atoms with Gasteiger partial charge >= 0.3 is 0 Å². The second-order valence-electron chi connectivity index (χ2n) is 4.43. The molecule has 0 radical (unpaired) electrons. The number of hydrogen-bond donors (Lipinski definition) is 1. The van der Waals surface area contributed by atoms with E-state index in [2.05, 4.69) is 36.2 Å². The SMILES string of the molecule is CC(=O)NCC(C)(C)N1CC=CCC1. The summed E-state index contributed by atoms with van der Waals surface area (Å²) in [5.74, 6) is 0.0469. The maximum Gasteiger partial charge on any atom is 0.216 e. The Balaban J connectivity index is 2.46. The molecule has 0 aromatic heterocycles. The Kier molecular flexibility index (Phi) is 3.69. The van der Waals surface area contributed by atoms with Gasteiger partial charge in [0.25, 0.3) is 0 Å². The van der Waals surface area contributed by atoms with E-state index >= 15 is 0 Å². The van der Waals surface area contributed by atoms with E-state index in [1.54, 1.807) is 6.92 Å². The fraction of sp³-hybridized carbons (Fsp3) is 0.727. The van der Waals surface area contributed by atoms with Gasteiger partial charge in [0.05, 0.1) is 0 Å². The van der Waals surface area contributed by atoms with Crippen molar-refractivity contribution in [3.8, 4) is 0 Å². The third-order valence-electron chi connectivity index (χ3n) is 2.68. The predicted molar refractivity (Wildman–Crippen MR) is 58.1 cm³/mol. The van der Waals surface area contributed by atoms with Crippen LogP contribution in [0.15, 0.2) is 12.2 Å². The van der Waals surface area contributed by atoms with Gasteiger partial charge < -0.3 is 5.32 Å². The van der Waals surface area contributed by atoms with Gasteiger partial charge in [-0.3, -0.25) is 9.69 Å². The van der Waals surface area contributed by atoms with Crippen molar-refractivity contribution >= 4 is 5.91 Å². The van der Waals surface area contributed by atoms with Crippen LogP contribution in [0.4, 0.5) is 0 Å². The topological polar surface area (TPSA) is 32.3 Å². The van der Waals surface area contributed by atoms with Gasteiger partial charge in [-0.25, -0.2) is 0 Å². The van der Waals surface area contributed by atoms with E-state index in [0.29, 0.717) is 0 Å². The molecule has 0 bridgehead atoms. The highest BCUT2D eigenvalue weighted by molar-refractivity contribution is 5.72. The fourth-order valence-electron chi connectivity index (χ4n) is 1.64. The summed E-state index contributed by atoms with van der Waals surface area (Å²) in [5, 5.41) is 2.88. The van der Waals surface area contributed by atoms with E-state index < -0.39 is 0 Å². The molecule has 3 heteroatoms. The second-order valence-corrected chi connectivity index (χ2v) is 4.43. The van der Waals surface area contributed by atoms with E-state index in [-0.39, 0.29) is 11.4 Å². The van der Waals surface area contributed by atoms with Gasteiger partial charge in [0, 0.05) is 32.1 Å². The van der Waals surface area contributed by atoms with Crippen molar-refractivity contribution in [2.75, 3.05) is 19.6 Å². The number of amides is 1. The summed E-state index contributed by atoms with van der Waals surface area (Å²) in [6.45, 7) is 8.70. The molecule has 0 aromatic rings. The Morgan fingerprint density at radius 2 is 2.21 bits per heavy atom. The van der Waals surface area contributed by atoms with Crippen LogP contribution in [0.1, 0.15) is 27.2 Å². The molecule has 14 heavy (non-hydrogen) atoms. The Labute approximate surface area is 86.2 Å². The second kappa shape index (κ2) is 4.60. The van der Waals surface area contributed by atoms with Gasteiger partial charge in [0.1, 0.15) is 0 Å². The van der Waals surface area contributed by atoms with Crippen LogP contribution in [0.5, 0.6) is 0 Å². The molecule has 0 fully saturated rings. The van der Waals surface area contributed by atoms with Crippen LogP contribution in [-0.4, -0.2) is 36.0 Å². The molecular weight excluding hydrogens is 176 g/mol. The Morgan fingerprint density at radius 1 is 1.50 bits per heavy atom. The van der Waals surface area contributed by atoms with Crippen LogP contribution >= 0.6 is 0 Å². The molecular formula is C11H20N2O. The zero-order valence-electron chi connectivity index (χ0n) is 9.34. The molecule has 0 aliphatic carbocycles. The van der Waals surface area contributed by atoms with Crippen molar-refractivity contribution in [2.24, 2.45) is 0 Å². The normalized spacial score (nSPS) is 18.2. The monoisotopic (exact) mass is 196 g/mol. The van der Waals surface area contributed by atoms with Crippen molar-refractivity contribution in [1.29, 1.82) is 0 Å². The minimum atomic E-state index is 0.0469. The number of nitrogens with one attached hydrogen (secondary N) is 1.